The summed E-state index contributed by atoms with van der Waals surface area (Å²) in [6, 6.07) is 0. The van der Waals surface area contributed by atoms with E-state index in [4.69, 9.17) is 15.2 Å². The molecule has 0 fully saturated rings. The van der Waals surface area contributed by atoms with Crippen LogP contribution in [-0.4, -0.2) is 23.7 Å². The van der Waals surface area contributed by atoms with Gasteiger partial charge in [-0.25, -0.2) is 4.98 Å². The summed E-state index contributed by atoms with van der Waals surface area (Å²) >= 11 is 0. The van der Waals surface area contributed by atoms with Gasteiger partial charge >= 0.3 is 0 Å². The summed E-state index contributed by atoms with van der Waals surface area (Å²) in [5.41, 5.74) is 5.64. The van der Waals surface area contributed by atoms with E-state index in [9.17, 15) is 0 Å². The summed E-state index contributed by atoms with van der Waals surface area (Å²) in [6.07, 6.45) is 3.65. The maximum absolute atomic E-state index is 5.64. The van der Waals surface area contributed by atoms with E-state index in [1.807, 2.05) is 0 Å². The molecule has 0 saturated heterocycles. The van der Waals surface area contributed by atoms with E-state index in [0.29, 0.717) is 30.0 Å². The molecule has 1 unspecified atom stereocenters. The lowest BCUT2D eigenvalue weighted by molar-refractivity contribution is 0.231. The summed E-state index contributed by atoms with van der Waals surface area (Å²) in [5, 5.41) is 0. The van der Waals surface area contributed by atoms with Gasteiger partial charge < -0.3 is 15.2 Å². The van der Waals surface area contributed by atoms with E-state index in [-0.39, 0.29) is 0 Å². The second-order valence-electron chi connectivity index (χ2n) is 3.80. The second kappa shape index (κ2) is 6.15. The molecule has 2 N–H and O–H groups in total. The maximum Gasteiger partial charge on any atom is 0.262 e. The van der Waals surface area contributed by atoms with Crippen LogP contribution < -0.4 is 15.2 Å². The third-order valence-corrected chi connectivity index (χ3v) is 2.29. The topological polar surface area (TPSA) is 70.3 Å². The normalized spacial score (nSPS) is 12.2. The second-order valence-corrected chi connectivity index (χ2v) is 3.80. The maximum atomic E-state index is 5.64. The first-order valence-corrected chi connectivity index (χ1v) is 5.46. The molecule has 0 spiro atoms. The van der Waals surface area contributed by atoms with Gasteiger partial charge in [0.05, 0.1) is 13.7 Å². The number of methoxy groups -OCH3 is 1. The highest BCUT2D eigenvalue weighted by Gasteiger charge is 2.12. The van der Waals surface area contributed by atoms with Crippen molar-refractivity contribution in [1.82, 2.24) is 9.97 Å². The lowest BCUT2D eigenvalue weighted by Crippen LogP contribution is -2.10. The Morgan fingerprint density at radius 3 is 2.81 bits per heavy atom. The van der Waals surface area contributed by atoms with E-state index in [1.165, 1.54) is 13.4 Å². The minimum atomic E-state index is 0.302. The lowest BCUT2D eigenvalue weighted by atomic mass is 10.1. The Hall–Kier alpha value is -1.52. The van der Waals surface area contributed by atoms with Gasteiger partial charge in [0.2, 0.25) is 5.75 Å². The fourth-order valence-corrected chi connectivity index (χ4v) is 1.46. The highest BCUT2D eigenvalue weighted by Crippen LogP contribution is 2.28. The van der Waals surface area contributed by atoms with Crippen molar-refractivity contribution in [1.29, 1.82) is 0 Å². The largest absolute Gasteiger partial charge is 0.489 e. The fraction of sp³-hybridized carbons (Fsp3) is 0.636. The summed E-state index contributed by atoms with van der Waals surface area (Å²) in [5.74, 6) is 1.62. The van der Waals surface area contributed by atoms with Crippen LogP contribution in [0.2, 0.25) is 0 Å². The molecule has 1 aromatic rings. The zero-order chi connectivity index (χ0) is 12.0. The van der Waals surface area contributed by atoms with E-state index in [1.54, 1.807) is 0 Å². The molecule has 0 radical (unpaired) electrons. The van der Waals surface area contributed by atoms with Crippen LogP contribution in [0.15, 0.2) is 6.33 Å². The molecule has 0 aliphatic carbocycles. The van der Waals surface area contributed by atoms with Crippen LogP contribution in [0.25, 0.3) is 0 Å². The van der Waals surface area contributed by atoms with Crippen LogP contribution in [0.4, 0.5) is 5.82 Å². The van der Waals surface area contributed by atoms with Gasteiger partial charge in [0.25, 0.3) is 5.88 Å². The molecule has 0 saturated carbocycles. The monoisotopic (exact) mass is 225 g/mol. The number of nitrogen functional groups attached to an aromatic ring is 1. The average molecular weight is 225 g/mol. The number of aromatic nitrogens is 2. The zero-order valence-corrected chi connectivity index (χ0v) is 10.1. The molecule has 0 bridgehead atoms. The molecule has 1 heterocycles. The van der Waals surface area contributed by atoms with Crippen molar-refractivity contribution in [3.63, 3.8) is 0 Å². The molecule has 90 valence electrons. The first-order chi connectivity index (χ1) is 7.69. The molecule has 0 aliphatic rings. The van der Waals surface area contributed by atoms with Crippen LogP contribution in [0.5, 0.6) is 11.6 Å². The summed E-state index contributed by atoms with van der Waals surface area (Å²) in [7, 11) is 1.53. The molecule has 5 heteroatoms. The van der Waals surface area contributed by atoms with Crippen LogP contribution in [0.3, 0.4) is 0 Å². The molecular formula is C11H19N3O2. The minimum Gasteiger partial charge on any atom is -0.489 e. The van der Waals surface area contributed by atoms with Gasteiger partial charge in [0.1, 0.15) is 6.33 Å². The molecule has 1 aromatic heterocycles. The van der Waals surface area contributed by atoms with Crippen molar-refractivity contribution in [2.75, 3.05) is 19.5 Å². The van der Waals surface area contributed by atoms with Crippen molar-refractivity contribution >= 4 is 5.82 Å². The number of anilines is 1. The quantitative estimate of drug-likeness (QED) is 0.800. The molecule has 1 atom stereocenters. The van der Waals surface area contributed by atoms with Crippen molar-refractivity contribution in [2.24, 2.45) is 5.92 Å². The Morgan fingerprint density at radius 1 is 1.44 bits per heavy atom. The van der Waals surface area contributed by atoms with E-state index < -0.39 is 0 Å². The summed E-state index contributed by atoms with van der Waals surface area (Å²) in [6.45, 7) is 4.90. The lowest BCUT2D eigenvalue weighted by Gasteiger charge is -2.13. The summed E-state index contributed by atoms with van der Waals surface area (Å²) in [4.78, 5) is 7.84. The molecule has 0 aromatic carbocycles. The van der Waals surface area contributed by atoms with Crippen LogP contribution >= 0.6 is 0 Å². The van der Waals surface area contributed by atoms with Crippen molar-refractivity contribution in [2.45, 2.75) is 26.7 Å². The first kappa shape index (κ1) is 12.5. The number of nitrogens with two attached hydrogens (primary N) is 1. The average Bonchev–Trinajstić information content (AvgIpc) is 2.27. The Morgan fingerprint density at radius 2 is 2.19 bits per heavy atom. The number of rotatable bonds is 6. The van der Waals surface area contributed by atoms with E-state index in [2.05, 4.69) is 23.8 Å². The van der Waals surface area contributed by atoms with Crippen LogP contribution in [-0.2, 0) is 0 Å². The molecule has 0 amide bonds. The Labute approximate surface area is 96.0 Å². The fourth-order valence-electron chi connectivity index (χ4n) is 1.46. The van der Waals surface area contributed by atoms with Crippen LogP contribution in [0, 0.1) is 5.92 Å². The standard InChI is InChI=1S/C11H19N3O2/c1-4-5-8(2)6-16-11-9(15-3)10(12)13-7-14-11/h7-8H,4-6H2,1-3H3,(H2,12,13,14). The van der Waals surface area contributed by atoms with Gasteiger partial charge in [0.15, 0.2) is 5.82 Å². The van der Waals surface area contributed by atoms with Gasteiger partial charge in [-0.1, -0.05) is 20.3 Å². The number of hydrogen-bond acceptors (Lipinski definition) is 5. The predicted octanol–water partition coefficient (Wildman–Crippen LogP) is 1.88. The first-order valence-electron chi connectivity index (χ1n) is 5.46. The van der Waals surface area contributed by atoms with Gasteiger partial charge in [0, 0.05) is 0 Å². The highest BCUT2D eigenvalue weighted by atomic mass is 16.5. The highest BCUT2D eigenvalue weighted by molar-refractivity contribution is 5.51. The Bertz CT molecular complexity index is 331. The van der Waals surface area contributed by atoms with Crippen molar-refractivity contribution in [3.05, 3.63) is 6.33 Å². The molecule has 16 heavy (non-hydrogen) atoms. The summed E-state index contributed by atoms with van der Waals surface area (Å²) < 4.78 is 10.7. The number of ether oxygens (including phenoxy) is 2. The third kappa shape index (κ3) is 3.25. The Kier molecular flexibility index (Phi) is 4.82. The molecular weight excluding hydrogens is 206 g/mol. The van der Waals surface area contributed by atoms with Crippen molar-refractivity contribution < 1.29 is 9.47 Å². The number of hydrogen-bond donors (Lipinski definition) is 1. The third-order valence-electron chi connectivity index (χ3n) is 2.29. The van der Waals surface area contributed by atoms with Crippen LogP contribution in [0.1, 0.15) is 26.7 Å². The van der Waals surface area contributed by atoms with Gasteiger partial charge in [-0.15, -0.1) is 0 Å². The van der Waals surface area contributed by atoms with Gasteiger partial charge in [-0.2, -0.15) is 4.98 Å². The molecule has 1 rings (SSSR count). The number of nitrogens with zero attached hydrogens (tertiary/aromatic N) is 2. The Balaban J connectivity index is 2.63. The smallest absolute Gasteiger partial charge is 0.262 e. The molecule has 5 nitrogen and oxygen atoms in total. The van der Waals surface area contributed by atoms with E-state index in [0.717, 1.165) is 12.8 Å². The van der Waals surface area contributed by atoms with Crippen molar-refractivity contribution in [3.8, 4) is 11.6 Å². The van der Waals surface area contributed by atoms with Gasteiger partial charge in [-0.3, -0.25) is 0 Å². The van der Waals surface area contributed by atoms with E-state index >= 15 is 0 Å². The molecule has 0 aliphatic heterocycles. The zero-order valence-electron chi connectivity index (χ0n) is 10.1. The minimum absolute atomic E-state index is 0.302. The van der Waals surface area contributed by atoms with Gasteiger partial charge in [-0.05, 0) is 12.3 Å². The SMILES string of the molecule is CCCC(C)COc1ncnc(N)c1OC. The predicted molar refractivity (Wildman–Crippen MR) is 62.6 cm³/mol.